The lowest BCUT2D eigenvalue weighted by Crippen LogP contribution is -2.51. The molecule has 6 rings (SSSR count). The van der Waals surface area contributed by atoms with Crippen molar-refractivity contribution < 1.29 is 41.7 Å². The maximum absolute atomic E-state index is 13.2. The summed E-state index contributed by atoms with van der Waals surface area (Å²) in [6, 6.07) is 6.47. The van der Waals surface area contributed by atoms with Crippen molar-refractivity contribution in [3.05, 3.63) is 42.0 Å². The second-order valence-corrected chi connectivity index (χ2v) is 13.1. The molecule has 5 aliphatic rings. The molecule has 3 unspecified atom stereocenters. The zero-order valence-electron chi connectivity index (χ0n) is 24.0. The average Bonchev–Trinajstić information content (AvgIpc) is 2.90. The van der Waals surface area contributed by atoms with Crippen LogP contribution in [0.25, 0.3) is 0 Å². The van der Waals surface area contributed by atoms with Crippen molar-refractivity contribution in [3.63, 3.8) is 0 Å². The molecule has 6 nitrogen and oxygen atoms in total. The Morgan fingerprint density at radius 1 is 1.00 bits per heavy atom. The van der Waals surface area contributed by atoms with Gasteiger partial charge < -0.3 is 18.9 Å². The zero-order chi connectivity index (χ0) is 29.4. The summed E-state index contributed by atoms with van der Waals surface area (Å²) in [6.07, 6.45) is 2.30. The van der Waals surface area contributed by atoms with Crippen LogP contribution in [-0.4, -0.2) is 37.1 Å². The SMILES string of the molecule is C=C(C)C(=O)OC(C)(CCC(F)(F)F)c1ccc(OC2CCCC(COC(=O)C34CC5CC(CC(C5)C3)C4)O2)cc1. The Kier molecular flexibility index (Phi) is 8.48. The molecule has 1 aliphatic heterocycles. The van der Waals surface area contributed by atoms with E-state index in [1.807, 2.05) is 0 Å². The number of hydrogen-bond acceptors (Lipinski definition) is 6. The summed E-state index contributed by atoms with van der Waals surface area (Å²) in [5.41, 5.74) is -1.26. The Morgan fingerprint density at radius 3 is 2.17 bits per heavy atom. The molecule has 0 aromatic heterocycles. The number of hydrogen-bond donors (Lipinski definition) is 0. The minimum Gasteiger partial charge on any atom is -0.465 e. The van der Waals surface area contributed by atoms with Gasteiger partial charge in [-0.15, -0.1) is 0 Å². The van der Waals surface area contributed by atoms with Crippen molar-refractivity contribution in [1.82, 2.24) is 0 Å². The van der Waals surface area contributed by atoms with E-state index in [-0.39, 0.29) is 29.7 Å². The van der Waals surface area contributed by atoms with Crippen molar-refractivity contribution in [2.24, 2.45) is 23.2 Å². The minimum absolute atomic E-state index is 0.0558. The Balaban J connectivity index is 1.15. The van der Waals surface area contributed by atoms with Gasteiger partial charge in [0, 0.05) is 18.4 Å². The summed E-state index contributed by atoms with van der Waals surface area (Å²) in [6.45, 7) is 6.66. The van der Waals surface area contributed by atoms with E-state index < -0.39 is 36.9 Å². The van der Waals surface area contributed by atoms with E-state index in [2.05, 4.69) is 6.58 Å². The molecule has 0 N–H and O–H groups in total. The van der Waals surface area contributed by atoms with Gasteiger partial charge in [0.15, 0.2) is 6.29 Å². The molecule has 4 saturated carbocycles. The van der Waals surface area contributed by atoms with Gasteiger partial charge in [0.05, 0.1) is 11.5 Å². The summed E-state index contributed by atoms with van der Waals surface area (Å²) in [5, 5.41) is 0. The van der Waals surface area contributed by atoms with Gasteiger partial charge >= 0.3 is 18.1 Å². The van der Waals surface area contributed by atoms with E-state index in [1.165, 1.54) is 33.1 Å². The second-order valence-electron chi connectivity index (χ2n) is 13.1. The van der Waals surface area contributed by atoms with Crippen LogP contribution in [0.4, 0.5) is 13.2 Å². The molecule has 0 radical (unpaired) electrons. The average molecular weight is 579 g/mol. The Labute approximate surface area is 239 Å². The molecule has 0 spiro atoms. The van der Waals surface area contributed by atoms with E-state index >= 15 is 0 Å². The van der Waals surface area contributed by atoms with Gasteiger partial charge in [-0.1, -0.05) is 18.7 Å². The lowest BCUT2D eigenvalue weighted by molar-refractivity contribution is -0.189. The first-order chi connectivity index (χ1) is 19.3. The van der Waals surface area contributed by atoms with E-state index in [9.17, 15) is 22.8 Å². The molecule has 226 valence electrons. The number of ether oxygens (including phenoxy) is 4. The summed E-state index contributed by atoms with van der Waals surface area (Å²) >= 11 is 0. The normalized spacial score (nSPS) is 32.2. The number of carbonyl (C=O) groups is 2. The van der Waals surface area contributed by atoms with Crippen LogP contribution >= 0.6 is 0 Å². The second kappa shape index (κ2) is 11.6. The molecular formula is C32H41F3O6. The molecule has 1 heterocycles. The predicted molar refractivity (Wildman–Crippen MR) is 145 cm³/mol. The van der Waals surface area contributed by atoms with Crippen molar-refractivity contribution >= 4 is 11.9 Å². The number of rotatable bonds is 10. The van der Waals surface area contributed by atoms with Crippen LogP contribution in [0.3, 0.4) is 0 Å². The standard InChI is InChI=1S/C32H41F3O6/c1-20(2)28(36)41-30(3,11-12-32(33,34)35)24-7-9-25(10-8-24)39-27-6-4-5-26(40-27)19-38-29(37)31-16-21-13-22(17-31)15-23(14-21)18-31/h7-10,21-23,26-27H,1,4-6,11-19H2,2-3H3. The summed E-state index contributed by atoms with van der Waals surface area (Å²) in [5.74, 6) is 1.69. The smallest absolute Gasteiger partial charge is 0.389 e. The fourth-order valence-corrected chi connectivity index (χ4v) is 7.72. The summed E-state index contributed by atoms with van der Waals surface area (Å²) in [7, 11) is 0. The Hall–Kier alpha value is -2.55. The van der Waals surface area contributed by atoms with E-state index in [0.29, 0.717) is 35.5 Å². The fourth-order valence-electron chi connectivity index (χ4n) is 7.72. The highest BCUT2D eigenvalue weighted by Gasteiger charge is 2.55. The van der Waals surface area contributed by atoms with Gasteiger partial charge in [0.2, 0.25) is 0 Å². The van der Waals surface area contributed by atoms with Crippen LogP contribution in [0.5, 0.6) is 5.75 Å². The van der Waals surface area contributed by atoms with Crippen molar-refractivity contribution in [2.45, 2.75) is 109 Å². The number of carbonyl (C=O) groups excluding carboxylic acids is 2. The molecule has 1 saturated heterocycles. The molecule has 4 bridgehead atoms. The number of esters is 2. The summed E-state index contributed by atoms with van der Waals surface area (Å²) < 4.78 is 62.5. The third kappa shape index (κ3) is 7.09. The third-order valence-corrected chi connectivity index (χ3v) is 9.47. The molecule has 41 heavy (non-hydrogen) atoms. The quantitative estimate of drug-likeness (QED) is 0.213. The number of halogens is 3. The van der Waals surface area contributed by atoms with Crippen LogP contribution in [0, 0.1) is 23.2 Å². The maximum atomic E-state index is 13.2. The van der Waals surface area contributed by atoms with Gasteiger partial charge in [-0.25, -0.2) is 4.79 Å². The lowest BCUT2D eigenvalue weighted by atomic mass is 9.49. The summed E-state index contributed by atoms with van der Waals surface area (Å²) in [4.78, 5) is 25.4. The van der Waals surface area contributed by atoms with Gasteiger partial charge in [-0.05, 0) is 107 Å². The lowest BCUT2D eigenvalue weighted by Gasteiger charge is -2.55. The van der Waals surface area contributed by atoms with Crippen LogP contribution < -0.4 is 4.74 Å². The first kappa shape index (κ1) is 29.9. The van der Waals surface area contributed by atoms with Crippen molar-refractivity contribution in [1.29, 1.82) is 0 Å². The predicted octanol–water partition coefficient (Wildman–Crippen LogP) is 7.40. The molecule has 3 atom stereocenters. The molecule has 4 aliphatic carbocycles. The van der Waals surface area contributed by atoms with Crippen LogP contribution in [0.1, 0.15) is 90.0 Å². The van der Waals surface area contributed by atoms with Gasteiger partial charge in [0.1, 0.15) is 18.0 Å². The largest absolute Gasteiger partial charge is 0.465 e. The number of benzene rings is 1. The Morgan fingerprint density at radius 2 is 1.61 bits per heavy atom. The fraction of sp³-hybridized carbons (Fsp3) is 0.688. The zero-order valence-corrected chi connectivity index (χ0v) is 24.0. The van der Waals surface area contributed by atoms with Crippen molar-refractivity contribution in [2.75, 3.05) is 6.61 Å². The van der Waals surface area contributed by atoms with Gasteiger partial charge in [-0.2, -0.15) is 13.2 Å². The highest BCUT2D eigenvalue weighted by Crippen LogP contribution is 2.60. The van der Waals surface area contributed by atoms with E-state index in [1.54, 1.807) is 24.3 Å². The van der Waals surface area contributed by atoms with Gasteiger partial charge in [0.25, 0.3) is 0 Å². The first-order valence-corrected chi connectivity index (χ1v) is 14.9. The molecule has 9 heteroatoms. The molecule has 5 fully saturated rings. The Bertz CT molecular complexity index is 1090. The monoisotopic (exact) mass is 578 g/mol. The van der Waals surface area contributed by atoms with Crippen LogP contribution in [0.2, 0.25) is 0 Å². The number of alkyl halides is 3. The molecule has 1 aromatic carbocycles. The molecular weight excluding hydrogens is 537 g/mol. The van der Waals surface area contributed by atoms with Crippen LogP contribution in [-0.2, 0) is 29.4 Å². The maximum Gasteiger partial charge on any atom is 0.389 e. The first-order valence-electron chi connectivity index (χ1n) is 14.9. The van der Waals surface area contributed by atoms with Crippen LogP contribution in [0.15, 0.2) is 36.4 Å². The molecule has 1 aromatic rings. The highest BCUT2D eigenvalue weighted by molar-refractivity contribution is 5.87. The van der Waals surface area contributed by atoms with E-state index in [0.717, 1.165) is 32.1 Å². The van der Waals surface area contributed by atoms with Gasteiger partial charge in [-0.3, -0.25) is 4.79 Å². The third-order valence-electron chi connectivity index (χ3n) is 9.47. The minimum atomic E-state index is -4.39. The topological polar surface area (TPSA) is 71.1 Å². The molecule has 0 amide bonds. The van der Waals surface area contributed by atoms with Crippen molar-refractivity contribution in [3.8, 4) is 5.75 Å². The van der Waals surface area contributed by atoms with E-state index in [4.69, 9.17) is 18.9 Å². The highest BCUT2D eigenvalue weighted by atomic mass is 19.4.